The first kappa shape index (κ1) is 22.5. The molecule has 0 unspecified atom stereocenters. The van der Waals surface area contributed by atoms with Crippen LogP contribution >= 0.6 is 0 Å². The van der Waals surface area contributed by atoms with Gasteiger partial charge in [-0.1, -0.05) is 12.1 Å². The minimum Gasteiger partial charge on any atom is -0.507 e. The zero-order chi connectivity index (χ0) is 22.5. The number of amides is 1. The van der Waals surface area contributed by atoms with Crippen molar-refractivity contribution in [3.05, 3.63) is 71.0 Å². The van der Waals surface area contributed by atoms with E-state index in [4.69, 9.17) is 9.47 Å². The predicted octanol–water partition coefficient (Wildman–Crippen LogP) is 4.07. The quantitative estimate of drug-likeness (QED) is 0.297. The normalized spacial score (nSPS) is 18.1. The third-order valence-corrected chi connectivity index (χ3v) is 4.97. The van der Waals surface area contributed by atoms with Gasteiger partial charge in [0.2, 0.25) is 0 Å². The van der Waals surface area contributed by atoms with E-state index in [9.17, 15) is 19.1 Å². The van der Waals surface area contributed by atoms with Gasteiger partial charge >= 0.3 is 0 Å². The molecule has 1 atom stereocenters. The van der Waals surface area contributed by atoms with Gasteiger partial charge in [0.05, 0.1) is 17.7 Å². The molecule has 31 heavy (non-hydrogen) atoms. The lowest BCUT2D eigenvalue weighted by Gasteiger charge is -2.25. The lowest BCUT2D eigenvalue weighted by atomic mass is 9.95. The molecule has 0 spiro atoms. The number of hydrogen-bond acceptors (Lipinski definition) is 5. The zero-order valence-electron chi connectivity index (χ0n) is 17.8. The fourth-order valence-corrected chi connectivity index (χ4v) is 3.60. The van der Waals surface area contributed by atoms with Crippen molar-refractivity contribution in [2.45, 2.75) is 32.4 Å². The van der Waals surface area contributed by atoms with Crippen molar-refractivity contribution >= 4 is 17.4 Å². The third kappa shape index (κ3) is 4.94. The molecule has 2 aromatic rings. The summed E-state index contributed by atoms with van der Waals surface area (Å²) in [6.07, 6.45) is 0.512. The van der Waals surface area contributed by atoms with Gasteiger partial charge in [-0.05, 0) is 62.2 Å². The number of carbonyl (C=O) groups is 2. The van der Waals surface area contributed by atoms with E-state index >= 15 is 0 Å². The number of aliphatic hydroxyl groups is 1. The number of nitrogens with zero attached hydrogens (tertiary/aromatic N) is 1. The van der Waals surface area contributed by atoms with Crippen LogP contribution in [0.5, 0.6) is 5.75 Å². The Morgan fingerprint density at radius 1 is 1.10 bits per heavy atom. The Labute approximate surface area is 180 Å². The van der Waals surface area contributed by atoms with Gasteiger partial charge in [0.25, 0.3) is 11.7 Å². The molecule has 1 fully saturated rings. The van der Waals surface area contributed by atoms with Gasteiger partial charge < -0.3 is 19.5 Å². The molecule has 1 amide bonds. The van der Waals surface area contributed by atoms with E-state index in [1.807, 2.05) is 13.8 Å². The van der Waals surface area contributed by atoms with Crippen molar-refractivity contribution in [2.75, 3.05) is 20.3 Å². The second-order valence-electron chi connectivity index (χ2n) is 7.58. The number of ketones is 1. The second kappa shape index (κ2) is 9.75. The second-order valence-corrected chi connectivity index (χ2v) is 7.58. The molecule has 3 rings (SSSR count). The van der Waals surface area contributed by atoms with Crippen LogP contribution in [0.2, 0.25) is 0 Å². The Kier molecular flexibility index (Phi) is 7.07. The molecule has 1 heterocycles. The summed E-state index contributed by atoms with van der Waals surface area (Å²) in [5.74, 6) is -1.56. The molecule has 0 bridgehead atoms. The maximum Gasteiger partial charge on any atom is 0.295 e. The topological polar surface area (TPSA) is 76.1 Å². The lowest BCUT2D eigenvalue weighted by molar-refractivity contribution is -0.140. The Balaban J connectivity index is 2.04. The predicted molar refractivity (Wildman–Crippen MR) is 114 cm³/mol. The fourth-order valence-electron chi connectivity index (χ4n) is 3.60. The SMILES string of the molecule is COCCCN1C(=O)C(=O)C(=C(O)c2ccc(OC(C)C)cc2)[C@@H]1c1ccc(F)cc1. The van der Waals surface area contributed by atoms with Crippen molar-refractivity contribution in [3.8, 4) is 5.75 Å². The third-order valence-electron chi connectivity index (χ3n) is 4.97. The number of methoxy groups -OCH3 is 1. The first-order valence-electron chi connectivity index (χ1n) is 10.1. The average Bonchev–Trinajstić information content (AvgIpc) is 2.99. The van der Waals surface area contributed by atoms with E-state index in [2.05, 4.69) is 0 Å². The summed E-state index contributed by atoms with van der Waals surface area (Å²) in [4.78, 5) is 27.1. The van der Waals surface area contributed by atoms with Crippen molar-refractivity contribution in [3.63, 3.8) is 0 Å². The van der Waals surface area contributed by atoms with Gasteiger partial charge in [0, 0.05) is 25.8 Å². The van der Waals surface area contributed by atoms with Crippen LogP contribution in [-0.2, 0) is 14.3 Å². The molecule has 0 aliphatic carbocycles. The van der Waals surface area contributed by atoms with Crippen LogP contribution in [0.25, 0.3) is 5.76 Å². The zero-order valence-corrected chi connectivity index (χ0v) is 17.8. The maximum atomic E-state index is 13.5. The number of Topliss-reactive ketones (excluding diaryl/α,β-unsaturated/α-hetero) is 1. The Bertz CT molecular complexity index is 966. The summed E-state index contributed by atoms with van der Waals surface area (Å²) >= 11 is 0. The van der Waals surface area contributed by atoms with Crippen molar-refractivity contribution in [1.29, 1.82) is 0 Å². The standard InChI is InChI=1S/C24H26FNO5/c1-15(2)31-19-11-7-17(8-12-19)22(27)20-21(16-5-9-18(25)10-6-16)26(13-4-14-30-3)24(29)23(20)28/h5-12,15,21,27H,4,13-14H2,1-3H3/t21-/m0/s1. The number of aliphatic hydroxyl groups excluding tert-OH is 1. The van der Waals surface area contributed by atoms with Crippen LogP contribution in [0.4, 0.5) is 4.39 Å². The first-order valence-corrected chi connectivity index (χ1v) is 10.1. The van der Waals surface area contributed by atoms with E-state index < -0.39 is 23.5 Å². The number of halogens is 1. The highest BCUT2D eigenvalue weighted by atomic mass is 19.1. The van der Waals surface area contributed by atoms with E-state index in [0.29, 0.717) is 29.9 Å². The Hall–Kier alpha value is -3.19. The molecule has 1 N–H and O–H groups in total. The monoisotopic (exact) mass is 427 g/mol. The van der Waals surface area contributed by atoms with Crippen molar-refractivity contribution in [1.82, 2.24) is 4.90 Å². The summed E-state index contributed by atoms with van der Waals surface area (Å²) in [5, 5.41) is 11.0. The minimum absolute atomic E-state index is 0.00431. The number of likely N-dealkylation sites (tertiary alicyclic amines) is 1. The highest BCUT2D eigenvalue weighted by Gasteiger charge is 2.45. The van der Waals surface area contributed by atoms with Crippen molar-refractivity contribution < 1.29 is 28.6 Å². The molecule has 2 aromatic carbocycles. The maximum absolute atomic E-state index is 13.5. The highest BCUT2D eigenvalue weighted by molar-refractivity contribution is 6.46. The van der Waals surface area contributed by atoms with Crippen LogP contribution in [-0.4, -0.2) is 48.1 Å². The smallest absolute Gasteiger partial charge is 0.295 e. The lowest BCUT2D eigenvalue weighted by Crippen LogP contribution is -2.31. The molecule has 0 radical (unpaired) electrons. The fraction of sp³-hybridized carbons (Fsp3) is 0.333. The highest BCUT2D eigenvalue weighted by Crippen LogP contribution is 2.39. The number of rotatable bonds is 8. The summed E-state index contributed by atoms with van der Waals surface area (Å²) < 4.78 is 24.2. The number of hydrogen-bond donors (Lipinski definition) is 1. The molecular weight excluding hydrogens is 401 g/mol. The van der Waals surface area contributed by atoms with Gasteiger partial charge in [-0.2, -0.15) is 0 Å². The molecular formula is C24H26FNO5. The van der Waals surface area contributed by atoms with Crippen LogP contribution < -0.4 is 4.74 Å². The molecule has 164 valence electrons. The number of benzene rings is 2. The van der Waals surface area contributed by atoms with E-state index in [-0.39, 0.29) is 24.0 Å². The van der Waals surface area contributed by atoms with Crippen molar-refractivity contribution in [2.24, 2.45) is 0 Å². The number of ether oxygens (including phenoxy) is 2. The molecule has 0 saturated carbocycles. The molecule has 1 aliphatic rings. The molecule has 1 saturated heterocycles. The van der Waals surface area contributed by atoms with E-state index in [1.54, 1.807) is 31.4 Å². The Morgan fingerprint density at radius 3 is 2.32 bits per heavy atom. The van der Waals surface area contributed by atoms with Gasteiger partial charge in [0.15, 0.2) is 0 Å². The van der Waals surface area contributed by atoms with Gasteiger partial charge in [-0.3, -0.25) is 9.59 Å². The average molecular weight is 427 g/mol. The van der Waals surface area contributed by atoms with Crippen LogP contribution in [0.1, 0.15) is 37.4 Å². The molecule has 7 heteroatoms. The van der Waals surface area contributed by atoms with Gasteiger partial charge in [-0.15, -0.1) is 0 Å². The van der Waals surface area contributed by atoms with Crippen LogP contribution in [0.3, 0.4) is 0 Å². The van der Waals surface area contributed by atoms with E-state index in [0.717, 1.165) is 0 Å². The molecule has 0 aromatic heterocycles. The van der Waals surface area contributed by atoms with Gasteiger partial charge in [-0.25, -0.2) is 4.39 Å². The number of carbonyl (C=O) groups excluding carboxylic acids is 2. The van der Waals surface area contributed by atoms with Crippen LogP contribution in [0.15, 0.2) is 54.1 Å². The molecule has 6 nitrogen and oxygen atoms in total. The first-order chi connectivity index (χ1) is 14.8. The Morgan fingerprint density at radius 2 is 1.74 bits per heavy atom. The van der Waals surface area contributed by atoms with Crippen LogP contribution in [0, 0.1) is 5.82 Å². The summed E-state index contributed by atoms with van der Waals surface area (Å²) in [7, 11) is 1.55. The summed E-state index contributed by atoms with van der Waals surface area (Å²) in [6.45, 7) is 4.48. The van der Waals surface area contributed by atoms with E-state index in [1.165, 1.54) is 29.2 Å². The molecule has 1 aliphatic heterocycles. The van der Waals surface area contributed by atoms with Gasteiger partial charge in [0.1, 0.15) is 17.3 Å². The minimum atomic E-state index is -0.816. The largest absolute Gasteiger partial charge is 0.507 e. The summed E-state index contributed by atoms with van der Waals surface area (Å²) in [6, 6.07) is 11.4. The summed E-state index contributed by atoms with van der Waals surface area (Å²) in [5.41, 5.74) is 0.906.